The largest absolute Gasteiger partial charge is 0.479 e. The number of sulfonamides is 1. The molecule has 2 aromatic rings. The van der Waals surface area contributed by atoms with Crippen LogP contribution in [-0.2, 0) is 19.6 Å². The molecule has 2 N–H and O–H groups in total. The quantitative estimate of drug-likeness (QED) is 0.649. The molecule has 0 saturated carbocycles. The number of anilines is 3. The van der Waals surface area contributed by atoms with Crippen molar-refractivity contribution in [2.45, 2.75) is 39.7 Å². The Morgan fingerprint density at radius 1 is 1.13 bits per heavy atom. The number of hydrogen-bond acceptors (Lipinski definition) is 5. The molecule has 31 heavy (non-hydrogen) atoms. The fourth-order valence-corrected chi connectivity index (χ4v) is 4.58. The van der Waals surface area contributed by atoms with Crippen molar-refractivity contribution in [2.24, 2.45) is 0 Å². The molecule has 1 unspecified atom stereocenters. The molecule has 0 bridgehead atoms. The monoisotopic (exact) mass is 445 g/mol. The zero-order valence-electron chi connectivity index (χ0n) is 17.8. The summed E-state index contributed by atoms with van der Waals surface area (Å²) in [5, 5.41) is 2.81. The second-order valence-electron chi connectivity index (χ2n) is 7.41. The van der Waals surface area contributed by atoms with E-state index in [0.717, 1.165) is 0 Å². The van der Waals surface area contributed by atoms with Crippen LogP contribution in [-0.4, -0.2) is 38.6 Å². The van der Waals surface area contributed by atoms with Crippen molar-refractivity contribution in [3.05, 3.63) is 48.0 Å². The molecule has 0 aliphatic carbocycles. The van der Waals surface area contributed by atoms with Gasteiger partial charge in [0.25, 0.3) is 5.91 Å². The van der Waals surface area contributed by atoms with Crippen molar-refractivity contribution in [3.8, 4) is 5.75 Å². The molecular formula is C22H27N3O5S. The Balaban J connectivity index is 1.68. The number of hydrogen-bond donors (Lipinski definition) is 2. The minimum absolute atomic E-state index is 0.0243. The maximum absolute atomic E-state index is 12.6. The van der Waals surface area contributed by atoms with Crippen molar-refractivity contribution in [1.29, 1.82) is 0 Å². The number of ether oxygens (including phenoxy) is 1. The Labute approximate surface area is 182 Å². The fraction of sp³-hybridized carbons (Fsp3) is 0.364. The molecule has 0 spiro atoms. The first kappa shape index (κ1) is 22.6. The molecular weight excluding hydrogens is 418 g/mol. The highest BCUT2D eigenvalue weighted by Crippen LogP contribution is 2.33. The van der Waals surface area contributed by atoms with Crippen LogP contribution in [0.2, 0.25) is 0 Å². The summed E-state index contributed by atoms with van der Waals surface area (Å²) in [4.78, 5) is 26.7. The predicted octanol–water partition coefficient (Wildman–Crippen LogP) is 3.29. The van der Waals surface area contributed by atoms with Crippen molar-refractivity contribution in [2.75, 3.05) is 27.2 Å². The summed E-state index contributed by atoms with van der Waals surface area (Å²) in [6.45, 7) is 5.42. The molecule has 3 rings (SSSR count). The van der Waals surface area contributed by atoms with Gasteiger partial charge >= 0.3 is 0 Å². The molecule has 1 atom stereocenters. The van der Waals surface area contributed by atoms with Crippen LogP contribution in [0.5, 0.6) is 5.75 Å². The zero-order chi connectivity index (χ0) is 22.6. The van der Waals surface area contributed by atoms with E-state index in [1.807, 2.05) is 12.1 Å². The number of amides is 2. The third kappa shape index (κ3) is 5.35. The standard InChI is InChI=1S/C22H27N3O5S/c1-4-14-31(28,29)24-18-9-7-8-17(15(18)2)23-21(26)12-13-25-19-10-5-6-11-20(19)30-16(3)22(25)27/h5-11,16,24H,4,12-14H2,1-3H3,(H,23,26). The van der Waals surface area contributed by atoms with Crippen molar-refractivity contribution in [3.63, 3.8) is 0 Å². The molecule has 0 aromatic heterocycles. The molecule has 166 valence electrons. The van der Waals surface area contributed by atoms with Gasteiger partial charge in [0, 0.05) is 18.7 Å². The number of nitrogens with one attached hydrogen (secondary N) is 2. The summed E-state index contributed by atoms with van der Waals surface area (Å²) in [7, 11) is -3.44. The summed E-state index contributed by atoms with van der Waals surface area (Å²) in [5.41, 5.74) is 2.21. The van der Waals surface area contributed by atoms with E-state index < -0.39 is 16.1 Å². The van der Waals surface area contributed by atoms with Gasteiger partial charge in [0.05, 0.1) is 17.1 Å². The van der Waals surface area contributed by atoms with Gasteiger partial charge in [-0.3, -0.25) is 14.3 Å². The van der Waals surface area contributed by atoms with E-state index in [-0.39, 0.29) is 30.5 Å². The van der Waals surface area contributed by atoms with E-state index in [0.29, 0.717) is 34.8 Å². The normalized spacial score (nSPS) is 15.8. The van der Waals surface area contributed by atoms with Crippen LogP contribution in [0.3, 0.4) is 0 Å². The van der Waals surface area contributed by atoms with Crippen LogP contribution in [0.25, 0.3) is 0 Å². The summed E-state index contributed by atoms with van der Waals surface area (Å²) in [5.74, 6) is 0.158. The molecule has 0 saturated heterocycles. The average molecular weight is 446 g/mol. The summed E-state index contributed by atoms with van der Waals surface area (Å²) in [6, 6.07) is 12.3. The topological polar surface area (TPSA) is 105 Å². The van der Waals surface area contributed by atoms with Gasteiger partial charge in [-0.05, 0) is 50.1 Å². The smallest absolute Gasteiger partial charge is 0.267 e. The highest BCUT2D eigenvalue weighted by molar-refractivity contribution is 7.92. The Hall–Kier alpha value is -3.07. The predicted molar refractivity (Wildman–Crippen MR) is 121 cm³/mol. The first-order chi connectivity index (χ1) is 14.7. The van der Waals surface area contributed by atoms with Gasteiger partial charge in [-0.2, -0.15) is 0 Å². The maximum atomic E-state index is 12.6. The third-order valence-electron chi connectivity index (χ3n) is 4.98. The second-order valence-corrected chi connectivity index (χ2v) is 9.26. The molecule has 2 amide bonds. The van der Waals surface area contributed by atoms with Gasteiger partial charge in [0.15, 0.2) is 6.10 Å². The number of carbonyl (C=O) groups excluding carboxylic acids is 2. The van der Waals surface area contributed by atoms with Crippen LogP contribution in [0, 0.1) is 6.92 Å². The summed E-state index contributed by atoms with van der Waals surface area (Å²) in [6.07, 6.45) is -0.0294. The van der Waals surface area contributed by atoms with Gasteiger partial charge < -0.3 is 15.0 Å². The zero-order valence-corrected chi connectivity index (χ0v) is 18.7. The molecule has 0 radical (unpaired) electrons. The highest BCUT2D eigenvalue weighted by atomic mass is 32.2. The number of nitrogens with zero attached hydrogens (tertiary/aromatic N) is 1. The SMILES string of the molecule is CCCS(=O)(=O)Nc1cccc(NC(=O)CCN2C(=O)C(C)Oc3ccccc32)c1C. The molecule has 2 aromatic carbocycles. The van der Waals surface area contributed by atoms with E-state index in [4.69, 9.17) is 4.74 Å². The average Bonchev–Trinajstić information content (AvgIpc) is 2.71. The van der Waals surface area contributed by atoms with E-state index in [2.05, 4.69) is 10.0 Å². The molecule has 1 heterocycles. The van der Waals surface area contributed by atoms with Gasteiger partial charge in [-0.25, -0.2) is 8.42 Å². The fourth-order valence-electron chi connectivity index (χ4n) is 3.38. The Bertz CT molecular complexity index is 1080. The van der Waals surface area contributed by atoms with E-state index >= 15 is 0 Å². The first-order valence-electron chi connectivity index (χ1n) is 10.2. The van der Waals surface area contributed by atoms with E-state index in [1.54, 1.807) is 56.0 Å². The molecule has 1 aliphatic rings. The van der Waals surface area contributed by atoms with E-state index in [9.17, 15) is 18.0 Å². The number of fused-ring (bicyclic) bond motifs is 1. The minimum atomic E-state index is -3.44. The van der Waals surface area contributed by atoms with Gasteiger partial charge in [-0.15, -0.1) is 0 Å². The first-order valence-corrected chi connectivity index (χ1v) is 11.8. The van der Waals surface area contributed by atoms with Crippen molar-refractivity contribution in [1.82, 2.24) is 0 Å². The van der Waals surface area contributed by atoms with Crippen LogP contribution in [0.4, 0.5) is 17.1 Å². The lowest BCUT2D eigenvalue weighted by molar-refractivity contribution is -0.125. The van der Waals surface area contributed by atoms with Crippen molar-refractivity contribution >= 4 is 38.9 Å². The molecule has 8 nitrogen and oxygen atoms in total. The Kier molecular flexibility index (Phi) is 6.84. The molecule has 1 aliphatic heterocycles. The minimum Gasteiger partial charge on any atom is -0.479 e. The lowest BCUT2D eigenvalue weighted by Gasteiger charge is -2.32. The number of carbonyl (C=O) groups is 2. The maximum Gasteiger partial charge on any atom is 0.267 e. The van der Waals surface area contributed by atoms with Gasteiger partial charge in [0.2, 0.25) is 15.9 Å². The number of benzene rings is 2. The molecule has 9 heteroatoms. The molecule has 0 fully saturated rings. The van der Waals surface area contributed by atoms with Crippen LogP contribution >= 0.6 is 0 Å². The second kappa shape index (κ2) is 9.38. The lowest BCUT2D eigenvalue weighted by atomic mass is 10.1. The van der Waals surface area contributed by atoms with E-state index in [1.165, 1.54) is 0 Å². The lowest BCUT2D eigenvalue weighted by Crippen LogP contribution is -2.45. The number of rotatable bonds is 8. The van der Waals surface area contributed by atoms with Crippen LogP contribution in [0.15, 0.2) is 42.5 Å². The summed E-state index contributed by atoms with van der Waals surface area (Å²) < 4.78 is 32.3. The van der Waals surface area contributed by atoms with Crippen LogP contribution in [0.1, 0.15) is 32.3 Å². The Morgan fingerprint density at radius 3 is 2.58 bits per heavy atom. The van der Waals surface area contributed by atoms with Crippen LogP contribution < -0.4 is 19.7 Å². The Morgan fingerprint density at radius 2 is 1.84 bits per heavy atom. The van der Waals surface area contributed by atoms with Gasteiger partial charge in [-0.1, -0.05) is 25.1 Å². The highest BCUT2D eigenvalue weighted by Gasteiger charge is 2.31. The van der Waals surface area contributed by atoms with Crippen molar-refractivity contribution < 1.29 is 22.7 Å². The third-order valence-corrected chi connectivity index (χ3v) is 6.46. The number of para-hydroxylation sites is 2. The van der Waals surface area contributed by atoms with Gasteiger partial charge in [0.1, 0.15) is 5.75 Å². The summed E-state index contributed by atoms with van der Waals surface area (Å²) >= 11 is 0.